The van der Waals surface area contributed by atoms with E-state index in [1.807, 2.05) is 11.6 Å². The number of fused-ring (bicyclic) bond motifs is 1. The zero-order valence-electron chi connectivity index (χ0n) is 14.0. The van der Waals surface area contributed by atoms with Crippen LogP contribution in [-0.2, 0) is 18.3 Å². The molecule has 0 unspecified atom stereocenters. The molecule has 0 spiro atoms. The maximum absolute atomic E-state index is 13.6. The van der Waals surface area contributed by atoms with Gasteiger partial charge in [-0.05, 0) is 36.4 Å². The maximum atomic E-state index is 13.6. The summed E-state index contributed by atoms with van der Waals surface area (Å²) in [7, 11) is 1.85. The van der Waals surface area contributed by atoms with E-state index >= 15 is 0 Å². The molecule has 1 amide bonds. The number of nitrogens with one attached hydrogen (secondary N) is 1. The van der Waals surface area contributed by atoms with Crippen LogP contribution in [0.1, 0.15) is 11.4 Å². The molecule has 1 N–H and O–H groups in total. The number of aromatic nitrogens is 2. The van der Waals surface area contributed by atoms with Crippen LogP contribution in [0.4, 0.5) is 8.78 Å². The second kappa shape index (κ2) is 7.78. The molecule has 1 aromatic heterocycles. The van der Waals surface area contributed by atoms with Gasteiger partial charge in [-0.1, -0.05) is 15.9 Å². The molecule has 134 valence electrons. The number of nitrogens with zero attached hydrogens (tertiary/aromatic N) is 2. The second-order valence-corrected chi connectivity index (χ2v) is 6.68. The van der Waals surface area contributed by atoms with E-state index in [2.05, 4.69) is 26.2 Å². The topological polar surface area (TPSA) is 46.9 Å². The summed E-state index contributed by atoms with van der Waals surface area (Å²) in [4.78, 5) is 16.3. The van der Waals surface area contributed by atoms with E-state index in [0.717, 1.165) is 15.8 Å². The Morgan fingerprint density at radius 1 is 1.27 bits per heavy atom. The van der Waals surface area contributed by atoms with E-state index < -0.39 is 5.82 Å². The number of rotatable bonds is 5. The van der Waals surface area contributed by atoms with E-state index in [1.54, 1.807) is 18.2 Å². The largest absolute Gasteiger partial charge is 0.352 e. The van der Waals surface area contributed by atoms with E-state index in [-0.39, 0.29) is 11.7 Å². The number of halogens is 3. The summed E-state index contributed by atoms with van der Waals surface area (Å²) in [6.45, 7) is 0.365. The van der Waals surface area contributed by atoms with Gasteiger partial charge in [0, 0.05) is 42.2 Å². The molecule has 7 heteroatoms. The normalized spacial score (nSPS) is 11.4. The van der Waals surface area contributed by atoms with E-state index in [4.69, 9.17) is 0 Å². The fourth-order valence-electron chi connectivity index (χ4n) is 2.61. The van der Waals surface area contributed by atoms with E-state index in [0.29, 0.717) is 24.0 Å². The summed E-state index contributed by atoms with van der Waals surface area (Å²) < 4.78 is 29.5. The maximum Gasteiger partial charge on any atom is 0.244 e. The summed E-state index contributed by atoms with van der Waals surface area (Å²) in [6, 6.07) is 8.96. The van der Waals surface area contributed by atoms with Crippen LogP contribution in [0.5, 0.6) is 0 Å². The van der Waals surface area contributed by atoms with Crippen LogP contribution in [0.15, 0.2) is 46.9 Å². The standard InChI is InChI=1S/C19H16BrF2N3O/c1-25-17-6-4-14(21)11-16(17)24-18(25)8-9-23-19(26)7-2-12-10-13(20)3-5-15(12)22/h2-7,10-11H,8-9H2,1H3,(H,23,26)/b7-2+. The highest BCUT2D eigenvalue weighted by Crippen LogP contribution is 2.17. The van der Waals surface area contributed by atoms with Crippen molar-refractivity contribution in [2.45, 2.75) is 6.42 Å². The van der Waals surface area contributed by atoms with Gasteiger partial charge in [0.2, 0.25) is 5.91 Å². The molecule has 0 atom stereocenters. The van der Waals surface area contributed by atoms with Crippen molar-refractivity contribution in [2.24, 2.45) is 7.05 Å². The van der Waals surface area contributed by atoms with Crippen LogP contribution in [0, 0.1) is 11.6 Å². The minimum Gasteiger partial charge on any atom is -0.352 e. The van der Waals surface area contributed by atoms with Gasteiger partial charge in [-0.15, -0.1) is 0 Å². The molecule has 0 bridgehead atoms. The Labute approximate surface area is 157 Å². The summed E-state index contributed by atoms with van der Waals surface area (Å²) in [5, 5.41) is 2.73. The van der Waals surface area contributed by atoms with Crippen LogP contribution in [0.25, 0.3) is 17.1 Å². The van der Waals surface area contributed by atoms with Crippen molar-refractivity contribution in [3.8, 4) is 0 Å². The first kappa shape index (κ1) is 18.3. The Bertz CT molecular complexity index is 998. The smallest absolute Gasteiger partial charge is 0.244 e. The van der Waals surface area contributed by atoms with E-state index in [9.17, 15) is 13.6 Å². The molecule has 0 saturated carbocycles. The molecule has 0 fully saturated rings. The first-order valence-electron chi connectivity index (χ1n) is 7.96. The van der Waals surface area contributed by atoms with Gasteiger partial charge < -0.3 is 9.88 Å². The monoisotopic (exact) mass is 419 g/mol. The zero-order valence-corrected chi connectivity index (χ0v) is 15.6. The molecule has 26 heavy (non-hydrogen) atoms. The Morgan fingerprint density at radius 2 is 2.08 bits per heavy atom. The van der Waals surface area contributed by atoms with Crippen molar-refractivity contribution < 1.29 is 13.6 Å². The Balaban J connectivity index is 1.59. The number of carbonyl (C=O) groups is 1. The minimum absolute atomic E-state index is 0.325. The van der Waals surface area contributed by atoms with Gasteiger partial charge in [-0.25, -0.2) is 13.8 Å². The number of hydrogen-bond acceptors (Lipinski definition) is 2. The Kier molecular flexibility index (Phi) is 5.46. The zero-order chi connectivity index (χ0) is 18.7. The number of aryl methyl sites for hydroxylation is 1. The summed E-state index contributed by atoms with van der Waals surface area (Å²) in [5.41, 5.74) is 1.74. The number of carbonyl (C=O) groups excluding carboxylic acids is 1. The average molecular weight is 420 g/mol. The quantitative estimate of drug-likeness (QED) is 0.635. The first-order valence-corrected chi connectivity index (χ1v) is 8.75. The number of hydrogen-bond donors (Lipinski definition) is 1. The first-order chi connectivity index (χ1) is 12.4. The van der Waals surface area contributed by atoms with Crippen LogP contribution in [0.2, 0.25) is 0 Å². The molecule has 3 rings (SSSR count). The third-order valence-electron chi connectivity index (χ3n) is 3.96. The van der Waals surface area contributed by atoms with Gasteiger partial charge in [-0.2, -0.15) is 0 Å². The van der Waals surface area contributed by atoms with Gasteiger partial charge in [0.15, 0.2) is 0 Å². The van der Waals surface area contributed by atoms with Crippen LogP contribution >= 0.6 is 15.9 Å². The Morgan fingerprint density at radius 3 is 2.88 bits per heavy atom. The third-order valence-corrected chi connectivity index (χ3v) is 4.45. The molecular weight excluding hydrogens is 404 g/mol. The highest BCUT2D eigenvalue weighted by molar-refractivity contribution is 9.10. The predicted molar refractivity (Wildman–Crippen MR) is 101 cm³/mol. The second-order valence-electron chi connectivity index (χ2n) is 5.76. The highest BCUT2D eigenvalue weighted by Gasteiger charge is 2.08. The van der Waals surface area contributed by atoms with Crippen molar-refractivity contribution in [1.29, 1.82) is 0 Å². The van der Waals surface area contributed by atoms with Crippen molar-refractivity contribution in [3.05, 3.63) is 70.0 Å². The molecule has 1 heterocycles. The molecule has 2 aromatic carbocycles. The molecule has 4 nitrogen and oxygen atoms in total. The van der Waals surface area contributed by atoms with Crippen molar-refractivity contribution in [1.82, 2.24) is 14.9 Å². The lowest BCUT2D eigenvalue weighted by Gasteiger charge is -2.03. The molecular formula is C19H16BrF2N3O. The van der Waals surface area contributed by atoms with Gasteiger partial charge >= 0.3 is 0 Å². The molecule has 3 aromatic rings. The van der Waals surface area contributed by atoms with Gasteiger partial charge in [-0.3, -0.25) is 4.79 Å². The fourth-order valence-corrected chi connectivity index (χ4v) is 2.99. The number of imidazole rings is 1. The predicted octanol–water partition coefficient (Wildman–Crippen LogP) is 3.99. The van der Waals surface area contributed by atoms with Crippen molar-refractivity contribution in [2.75, 3.05) is 6.54 Å². The van der Waals surface area contributed by atoms with Crippen LogP contribution in [-0.4, -0.2) is 22.0 Å². The molecule has 0 aliphatic carbocycles. The summed E-state index contributed by atoms with van der Waals surface area (Å²) in [6.07, 6.45) is 3.21. The minimum atomic E-state index is -0.399. The molecule has 0 saturated heterocycles. The van der Waals surface area contributed by atoms with Crippen molar-refractivity contribution >= 4 is 38.9 Å². The number of amides is 1. The van der Waals surface area contributed by atoms with Crippen LogP contribution in [0.3, 0.4) is 0 Å². The summed E-state index contributed by atoms with van der Waals surface area (Å²) in [5.74, 6) is -0.313. The lowest BCUT2D eigenvalue weighted by atomic mass is 10.2. The van der Waals surface area contributed by atoms with Crippen molar-refractivity contribution in [3.63, 3.8) is 0 Å². The average Bonchev–Trinajstić information content (AvgIpc) is 2.91. The highest BCUT2D eigenvalue weighted by atomic mass is 79.9. The Hall–Kier alpha value is -2.54. The molecule has 0 aliphatic heterocycles. The van der Waals surface area contributed by atoms with E-state index in [1.165, 1.54) is 30.4 Å². The molecule has 0 aliphatic rings. The van der Waals surface area contributed by atoms with Gasteiger partial charge in [0.05, 0.1) is 11.0 Å². The lowest BCUT2D eigenvalue weighted by Crippen LogP contribution is -2.24. The summed E-state index contributed by atoms with van der Waals surface area (Å²) >= 11 is 3.26. The lowest BCUT2D eigenvalue weighted by molar-refractivity contribution is -0.116. The van der Waals surface area contributed by atoms with Gasteiger partial charge in [0.1, 0.15) is 17.5 Å². The molecule has 0 radical (unpaired) electrons. The third kappa shape index (κ3) is 4.16. The SMILES string of the molecule is Cn1c(CCNC(=O)/C=C/c2cc(Br)ccc2F)nc2cc(F)ccc21. The van der Waals surface area contributed by atoms with Gasteiger partial charge in [0.25, 0.3) is 0 Å². The van der Waals surface area contributed by atoms with Crippen LogP contribution < -0.4 is 5.32 Å². The number of benzene rings is 2. The fraction of sp³-hybridized carbons (Fsp3) is 0.158.